The van der Waals surface area contributed by atoms with E-state index in [2.05, 4.69) is 48.8 Å². The van der Waals surface area contributed by atoms with E-state index in [1.54, 1.807) is 0 Å². The molecule has 1 saturated carbocycles. The molecule has 110 valence electrons. The zero-order valence-electron chi connectivity index (χ0n) is 12.6. The second-order valence-electron chi connectivity index (χ2n) is 7.63. The molecule has 1 aliphatic carbocycles. The molecule has 2 N–H and O–H groups in total. The lowest BCUT2D eigenvalue weighted by Crippen LogP contribution is -2.50. The van der Waals surface area contributed by atoms with Gasteiger partial charge in [-0.15, -0.1) is 0 Å². The lowest BCUT2D eigenvalue weighted by molar-refractivity contribution is -0.0571. The van der Waals surface area contributed by atoms with Crippen LogP contribution in [0.1, 0.15) is 58.1 Å². The molecule has 20 heavy (non-hydrogen) atoms. The Balaban J connectivity index is 1.97. The summed E-state index contributed by atoms with van der Waals surface area (Å²) in [6.07, 6.45) is 4.44. The first-order valence-corrected chi connectivity index (χ1v) is 8.32. The number of hydrogen-bond donors (Lipinski definition) is 1. The van der Waals surface area contributed by atoms with Crippen molar-refractivity contribution >= 4 is 15.9 Å². The van der Waals surface area contributed by atoms with E-state index < -0.39 is 0 Å². The van der Waals surface area contributed by atoms with Crippen LogP contribution in [0.4, 0.5) is 0 Å². The minimum atomic E-state index is -0.0750. The molecule has 0 saturated heterocycles. The molecule has 0 bridgehead atoms. The summed E-state index contributed by atoms with van der Waals surface area (Å²) < 4.78 is 7.57. The lowest BCUT2D eigenvalue weighted by atomic mass is 9.63. The maximum absolute atomic E-state index is 6.51. The maximum atomic E-state index is 6.51. The normalized spacial score (nSPS) is 35.5. The van der Waals surface area contributed by atoms with E-state index in [0.29, 0.717) is 11.3 Å². The summed E-state index contributed by atoms with van der Waals surface area (Å²) in [5, 5.41) is 0. The summed E-state index contributed by atoms with van der Waals surface area (Å²) in [6.45, 7) is 7.05. The molecule has 1 aromatic carbocycles. The summed E-state index contributed by atoms with van der Waals surface area (Å²) >= 11 is 3.54. The quantitative estimate of drug-likeness (QED) is 0.736. The molecule has 0 radical (unpaired) electrons. The number of rotatable bonds is 0. The van der Waals surface area contributed by atoms with Crippen molar-refractivity contribution in [3.8, 4) is 5.75 Å². The first kappa shape index (κ1) is 14.4. The molecule has 2 unspecified atom stereocenters. The minimum Gasteiger partial charge on any atom is -0.487 e. The van der Waals surface area contributed by atoms with Crippen molar-refractivity contribution in [1.29, 1.82) is 0 Å². The minimum absolute atomic E-state index is 0.0750. The highest BCUT2D eigenvalue weighted by Gasteiger charge is 2.48. The first-order chi connectivity index (χ1) is 9.29. The second-order valence-corrected chi connectivity index (χ2v) is 8.55. The van der Waals surface area contributed by atoms with Crippen LogP contribution in [0.5, 0.6) is 5.75 Å². The summed E-state index contributed by atoms with van der Waals surface area (Å²) in [6, 6.07) is 6.30. The molecule has 2 nitrogen and oxygen atoms in total. The Bertz CT molecular complexity index is 528. The molecular weight excluding hydrogens is 314 g/mol. The molecule has 0 amide bonds. The predicted molar refractivity (Wildman–Crippen MR) is 85.8 cm³/mol. The van der Waals surface area contributed by atoms with Crippen LogP contribution in [0.25, 0.3) is 0 Å². The van der Waals surface area contributed by atoms with E-state index in [4.69, 9.17) is 10.5 Å². The van der Waals surface area contributed by atoms with Crippen molar-refractivity contribution in [2.75, 3.05) is 0 Å². The van der Waals surface area contributed by atoms with Gasteiger partial charge in [0, 0.05) is 22.5 Å². The average Bonchev–Trinajstić information content (AvgIpc) is 2.23. The third-order valence-corrected chi connectivity index (χ3v) is 5.21. The van der Waals surface area contributed by atoms with Crippen LogP contribution < -0.4 is 10.5 Å². The zero-order valence-corrected chi connectivity index (χ0v) is 14.2. The highest BCUT2D eigenvalue weighted by Crippen LogP contribution is 2.52. The molecule has 3 heteroatoms. The fourth-order valence-electron chi connectivity index (χ4n) is 4.59. The third kappa shape index (κ3) is 2.62. The highest BCUT2D eigenvalue weighted by molar-refractivity contribution is 9.10. The summed E-state index contributed by atoms with van der Waals surface area (Å²) in [4.78, 5) is 0. The molecule has 1 fully saturated rings. The van der Waals surface area contributed by atoms with Crippen molar-refractivity contribution in [3.63, 3.8) is 0 Å². The third-order valence-electron chi connectivity index (χ3n) is 4.72. The molecule has 2 aliphatic rings. The van der Waals surface area contributed by atoms with Crippen LogP contribution in [-0.4, -0.2) is 5.60 Å². The molecule has 0 aromatic heterocycles. The van der Waals surface area contributed by atoms with Crippen molar-refractivity contribution in [2.45, 2.75) is 58.1 Å². The van der Waals surface area contributed by atoms with Gasteiger partial charge in [-0.05, 0) is 42.7 Å². The number of nitrogens with two attached hydrogens (primary N) is 1. The van der Waals surface area contributed by atoms with Crippen molar-refractivity contribution in [1.82, 2.24) is 0 Å². The van der Waals surface area contributed by atoms with Crippen LogP contribution >= 0.6 is 15.9 Å². The van der Waals surface area contributed by atoms with Crippen LogP contribution in [0.15, 0.2) is 22.7 Å². The Hall–Kier alpha value is -0.540. The van der Waals surface area contributed by atoms with Gasteiger partial charge < -0.3 is 10.5 Å². The van der Waals surface area contributed by atoms with Gasteiger partial charge in [0.1, 0.15) is 11.4 Å². The Labute approximate surface area is 130 Å². The molecule has 1 heterocycles. The van der Waals surface area contributed by atoms with E-state index in [0.717, 1.165) is 35.0 Å². The van der Waals surface area contributed by atoms with Crippen LogP contribution in [-0.2, 0) is 0 Å². The average molecular weight is 338 g/mol. The lowest BCUT2D eigenvalue weighted by Gasteiger charge is -2.50. The fraction of sp³-hybridized carbons (Fsp3) is 0.647. The van der Waals surface area contributed by atoms with Crippen molar-refractivity contribution < 1.29 is 4.74 Å². The first-order valence-electron chi connectivity index (χ1n) is 7.53. The maximum Gasteiger partial charge on any atom is 0.126 e. The smallest absolute Gasteiger partial charge is 0.126 e. The zero-order chi connectivity index (χ0) is 14.5. The SMILES string of the molecule is CC1CC(C)(C)CC2(C1)C[C@@H](N)c1ccc(Br)cc1O2. The molecule has 1 spiro atoms. The van der Waals surface area contributed by atoms with Gasteiger partial charge in [-0.1, -0.05) is 42.8 Å². The molecule has 3 atom stereocenters. The Kier molecular flexibility index (Phi) is 3.41. The molecular formula is C17H24BrNO. The highest BCUT2D eigenvalue weighted by atomic mass is 79.9. The van der Waals surface area contributed by atoms with Crippen LogP contribution in [0.3, 0.4) is 0 Å². The van der Waals surface area contributed by atoms with Gasteiger partial charge in [-0.2, -0.15) is 0 Å². The van der Waals surface area contributed by atoms with Gasteiger partial charge in [-0.25, -0.2) is 0 Å². The summed E-state index contributed by atoms with van der Waals surface area (Å²) in [5.41, 5.74) is 7.85. The number of hydrogen-bond acceptors (Lipinski definition) is 2. The number of benzene rings is 1. The van der Waals surface area contributed by atoms with Crippen LogP contribution in [0.2, 0.25) is 0 Å². The standard InChI is InChI=1S/C17H24BrNO/c1-11-7-16(2,3)10-17(8-11)9-14(19)13-5-4-12(18)6-15(13)20-17/h4-6,11,14H,7-10,19H2,1-3H3/t11?,14-,17?/m1/s1. The topological polar surface area (TPSA) is 35.2 Å². The predicted octanol–water partition coefficient (Wildman–Crippen LogP) is 4.82. The van der Waals surface area contributed by atoms with Gasteiger partial charge in [-0.3, -0.25) is 0 Å². The molecule has 3 rings (SSSR count). The van der Waals surface area contributed by atoms with E-state index in [1.807, 2.05) is 6.07 Å². The van der Waals surface area contributed by atoms with Gasteiger partial charge >= 0.3 is 0 Å². The van der Waals surface area contributed by atoms with E-state index in [-0.39, 0.29) is 11.6 Å². The molecule has 1 aliphatic heterocycles. The fourth-order valence-corrected chi connectivity index (χ4v) is 4.93. The van der Waals surface area contributed by atoms with Crippen molar-refractivity contribution in [2.24, 2.45) is 17.1 Å². The monoisotopic (exact) mass is 337 g/mol. The van der Waals surface area contributed by atoms with Gasteiger partial charge in [0.05, 0.1) is 0 Å². The van der Waals surface area contributed by atoms with Gasteiger partial charge in [0.2, 0.25) is 0 Å². The van der Waals surface area contributed by atoms with Gasteiger partial charge in [0.25, 0.3) is 0 Å². The summed E-state index contributed by atoms with van der Waals surface area (Å²) in [5.74, 6) is 1.67. The Morgan fingerprint density at radius 3 is 2.70 bits per heavy atom. The second kappa shape index (κ2) is 4.74. The summed E-state index contributed by atoms with van der Waals surface area (Å²) in [7, 11) is 0. The van der Waals surface area contributed by atoms with Crippen LogP contribution in [0, 0.1) is 11.3 Å². The Morgan fingerprint density at radius 2 is 2.00 bits per heavy atom. The number of halogens is 1. The van der Waals surface area contributed by atoms with E-state index in [9.17, 15) is 0 Å². The number of ether oxygens (including phenoxy) is 1. The van der Waals surface area contributed by atoms with E-state index >= 15 is 0 Å². The van der Waals surface area contributed by atoms with Gasteiger partial charge in [0.15, 0.2) is 0 Å². The molecule has 1 aromatic rings. The Morgan fingerprint density at radius 1 is 1.25 bits per heavy atom. The number of fused-ring (bicyclic) bond motifs is 1. The van der Waals surface area contributed by atoms with E-state index in [1.165, 1.54) is 6.42 Å². The van der Waals surface area contributed by atoms with Crippen molar-refractivity contribution in [3.05, 3.63) is 28.2 Å². The largest absolute Gasteiger partial charge is 0.487 e.